The Morgan fingerprint density at radius 1 is 1.64 bits per heavy atom. The van der Waals surface area contributed by atoms with Gasteiger partial charge in [0, 0.05) is 12.6 Å². The maximum Gasteiger partial charge on any atom is 0.345 e. The summed E-state index contributed by atoms with van der Waals surface area (Å²) in [5, 5.41) is 11.5. The molecule has 1 rings (SSSR count). The molecule has 0 spiro atoms. The lowest BCUT2D eigenvalue weighted by molar-refractivity contribution is -0.157. The zero-order valence-corrected chi connectivity index (χ0v) is 5.96. The number of hydrogen-bond donors (Lipinski definition) is 2. The smallest absolute Gasteiger partial charge is 0.345 e. The fourth-order valence-electron chi connectivity index (χ4n) is 1.17. The summed E-state index contributed by atoms with van der Waals surface area (Å²) in [7, 11) is 0. The van der Waals surface area contributed by atoms with E-state index < -0.39 is 12.7 Å². The molecule has 3 nitrogen and oxygen atoms in total. The average molecular weight is 167 g/mol. The number of nitrogens with one attached hydrogen (secondary N) is 1. The predicted molar refractivity (Wildman–Crippen MR) is 34.4 cm³/mol. The largest absolute Gasteiger partial charge is 0.395 e. The fourth-order valence-corrected chi connectivity index (χ4v) is 1.17. The Hall–Kier alpha value is -0.260. The highest BCUT2D eigenvalue weighted by Gasteiger charge is 2.26. The molecule has 0 aliphatic carbocycles. The third-order valence-corrected chi connectivity index (χ3v) is 1.70. The molecule has 0 aromatic carbocycles. The minimum Gasteiger partial charge on any atom is -0.395 e. The molecule has 0 aromatic rings. The van der Waals surface area contributed by atoms with Crippen LogP contribution < -0.4 is 5.32 Å². The summed E-state index contributed by atoms with van der Waals surface area (Å²) in [4.78, 5) is 0. The first kappa shape index (κ1) is 8.83. The first-order valence-corrected chi connectivity index (χ1v) is 3.50. The van der Waals surface area contributed by atoms with Crippen molar-refractivity contribution in [3.05, 3.63) is 0 Å². The van der Waals surface area contributed by atoms with Crippen molar-refractivity contribution in [2.75, 3.05) is 13.2 Å². The lowest BCUT2D eigenvalue weighted by Gasteiger charge is -2.08. The minimum absolute atomic E-state index is 0.0247. The molecule has 1 aliphatic heterocycles. The quantitative estimate of drug-likeness (QED) is 0.619. The highest BCUT2D eigenvalue weighted by molar-refractivity contribution is 4.81. The molecule has 1 aliphatic rings. The lowest BCUT2D eigenvalue weighted by Crippen LogP contribution is -2.24. The van der Waals surface area contributed by atoms with Crippen LogP contribution in [0.2, 0.25) is 0 Å². The number of halogens is 2. The van der Waals surface area contributed by atoms with Crippen molar-refractivity contribution < 1.29 is 18.6 Å². The second-order valence-electron chi connectivity index (χ2n) is 2.54. The van der Waals surface area contributed by atoms with E-state index in [2.05, 4.69) is 10.1 Å². The number of hydrogen-bond acceptors (Lipinski definition) is 3. The molecule has 2 N–H and O–H groups in total. The molecule has 11 heavy (non-hydrogen) atoms. The monoisotopic (exact) mass is 167 g/mol. The molecule has 0 bridgehead atoms. The third kappa shape index (κ3) is 2.69. The van der Waals surface area contributed by atoms with E-state index >= 15 is 0 Å². The van der Waals surface area contributed by atoms with Gasteiger partial charge in [-0.25, -0.2) is 0 Å². The molecular weight excluding hydrogens is 156 g/mol. The van der Waals surface area contributed by atoms with Crippen molar-refractivity contribution in [3.63, 3.8) is 0 Å². The Morgan fingerprint density at radius 2 is 2.36 bits per heavy atom. The number of aliphatic hydroxyl groups excluding tert-OH is 1. The van der Waals surface area contributed by atoms with Gasteiger partial charge < -0.3 is 15.2 Å². The summed E-state index contributed by atoms with van der Waals surface area (Å²) in [5.41, 5.74) is 0. The van der Waals surface area contributed by atoms with Gasteiger partial charge in [-0.1, -0.05) is 0 Å². The SMILES string of the molecule is OC[C@H]1C[C@@H](OC(F)F)CN1. The molecule has 1 saturated heterocycles. The summed E-state index contributed by atoms with van der Waals surface area (Å²) in [6.07, 6.45) is 0.00745. The highest BCUT2D eigenvalue weighted by atomic mass is 19.3. The summed E-state index contributed by atoms with van der Waals surface area (Å²) < 4.78 is 27.4. The van der Waals surface area contributed by atoms with Crippen molar-refractivity contribution in [2.45, 2.75) is 25.2 Å². The second kappa shape index (κ2) is 3.94. The van der Waals surface area contributed by atoms with E-state index in [1.54, 1.807) is 0 Å². The van der Waals surface area contributed by atoms with Crippen LogP contribution >= 0.6 is 0 Å². The van der Waals surface area contributed by atoms with Gasteiger partial charge in [0.2, 0.25) is 0 Å². The van der Waals surface area contributed by atoms with Crippen LogP contribution in [0, 0.1) is 0 Å². The van der Waals surface area contributed by atoms with Crippen molar-refractivity contribution in [2.24, 2.45) is 0 Å². The van der Waals surface area contributed by atoms with Crippen LogP contribution in [0.5, 0.6) is 0 Å². The van der Waals surface area contributed by atoms with Crippen LogP contribution in [0.3, 0.4) is 0 Å². The van der Waals surface area contributed by atoms with Crippen LogP contribution in [-0.2, 0) is 4.74 Å². The van der Waals surface area contributed by atoms with E-state index in [1.807, 2.05) is 0 Å². The highest BCUT2D eigenvalue weighted by Crippen LogP contribution is 2.12. The van der Waals surface area contributed by atoms with Crippen molar-refractivity contribution in [3.8, 4) is 0 Å². The van der Waals surface area contributed by atoms with Crippen molar-refractivity contribution >= 4 is 0 Å². The summed E-state index contributed by atoms with van der Waals surface area (Å²) in [5.74, 6) is 0. The molecule has 0 aromatic heterocycles. The minimum atomic E-state index is -2.71. The van der Waals surface area contributed by atoms with Gasteiger partial charge in [-0.2, -0.15) is 8.78 Å². The van der Waals surface area contributed by atoms with Crippen LogP contribution in [0.4, 0.5) is 8.78 Å². The molecule has 0 unspecified atom stereocenters. The van der Waals surface area contributed by atoms with Crippen LogP contribution in [0.1, 0.15) is 6.42 Å². The molecule has 1 fully saturated rings. The Morgan fingerprint density at radius 3 is 2.82 bits per heavy atom. The van der Waals surface area contributed by atoms with Crippen molar-refractivity contribution in [1.29, 1.82) is 0 Å². The van der Waals surface area contributed by atoms with Gasteiger partial charge in [0.1, 0.15) is 0 Å². The molecule has 0 amide bonds. The number of ether oxygens (including phenoxy) is 1. The summed E-state index contributed by atoms with van der Waals surface area (Å²) in [6, 6.07) is -0.0845. The van der Waals surface area contributed by atoms with Gasteiger partial charge in [0.05, 0.1) is 12.7 Å². The van der Waals surface area contributed by atoms with Crippen LogP contribution in [0.15, 0.2) is 0 Å². The zero-order chi connectivity index (χ0) is 8.27. The molecule has 2 atom stereocenters. The summed E-state index contributed by atoms with van der Waals surface area (Å²) >= 11 is 0. The lowest BCUT2D eigenvalue weighted by atomic mass is 10.2. The van der Waals surface area contributed by atoms with Gasteiger partial charge in [0.15, 0.2) is 0 Å². The first-order valence-electron chi connectivity index (χ1n) is 3.50. The normalized spacial score (nSPS) is 31.6. The van der Waals surface area contributed by atoms with E-state index in [1.165, 1.54) is 0 Å². The van der Waals surface area contributed by atoms with Crippen LogP contribution in [-0.4, -0.2) is 37.0 Å². The Balaban J connectivity index is 2.19. The maximum absolute atomic E-state index is 11.6. The van der Waals surface area contributed by atoms with E-state index in [0.29, 0.717) is 13.0 Å². The predicted octanol–water partition coefficient (Wildman–Crippen LogP) is -0.0516. The number of rotatable bonds is 3. The molecule has 5 heteroatoms. The number of aliphatic hydroxyl groups is 1. The molecule has 0 saturated carbocycles. The Kier molecular flexibility index (Phi) is 3.16. The fraction of sp³-hybridized carbons (Fsp3) is 1.00. The maximum atomic E-state index is 11.6. The van der Waals surface area contributed by atoms with E-state index in [4.69, 9.17) is 5.11 Å². The van der Waals surface area contributed by atoms with Gasteiger partial charge in [-0.05, 0) is 6.42 Å². The average Bonchev–Trinajstić information content (AvgIpc) is 2.34. The standard InChI is InChI=1S/C6H11F2NO2/c7-6(8)11-5-1-4(3-10)9-2-5/h4-6,9-10H,1-3H2/t4-,5-/m1/s1. The van der Waals surface area contributed by atoms with Gasteiger partial charge in [-0.3, -0.25) is 0 Å². The Bertz CT molecular complexity index is 123. The van der Waals surface area contributed by atoms with E-state index in [-0.39, 0.29) is 12.6 Å². The topological polar surface area (TPSA) is 41.5 Å². The van der Waals surface area contributed by atoms with Gasteiger partial charge >= 0.3 is 6.61 Å². The van der Waals surface area contributed by atoms with Gasteiger partial charge in [-0.15, -0.1) is 0 Å². The zero-order valence-electron chi connectivity index (χ0n) is 5.96. The molecular formula is C6H11F2NO2. The number of alkyl halides is 2. The van der Waals surface area contributed by atoms with E-state index in [9.17, 15) is 8.78 Å². The van der Waals surface area contributed by atoms with Crippen molar-refractivity contribution in [1.82, 2.24) is 5.32 Å². The second-order valence-corrected chi connectivity index (χ2v) is 2.54. The third-order valence-electron chi connectivity index (χ3n) is 1.70. The van der Waals surface area contributed by atoms with E-state index in [0.717, 1.165) is 0 Å². The Labute approximate surface area is 63.3 Å². The van der Waals surface area contributed by atoms with Crippen LogP contribution in [0.25, 0.3) is 0 Å². The molecule has 0 radical (unpaired) electrons. The van der Waals surface area contributed by atoms with Gasteiger partial charge in [0.25, 0.3) is 0 Å². The molecule has 66 valence electrons. The first-order chi connectivity index (χ1) is 5.22. The molecule has 1 heterocycles. The summed E-state index contributed by atoms with van der Waals surface area (Å²) in [6.45, 7) is -2.34.